The third-order valence-electron chi connectivity index (χ3n) is 3.85. The average molecular weight is 273 g/mol. The highest BCUT2D eigenvalue weighted by Crippen LogP contribution is 2.27. The van der Waals surface area contributed by atoms with Crippen LogP contribution >= 0.6 is 0 Å². The van der Waals surface area contributed by atoms with Gasteiger partial charge < -0.3 is 9.84 Å². The number of hydrogen-bond donors (Lipinski definition) is 1. The van der Waals surface area contributed by atoms with Crippen molar-refractivity contribution in [1.82, 2.24) is 4.90 Å². The van der Waals surface area contributed by atoms with Crippen LogP contribution in [-0.4, -0.2) is 41.8 Å². The molecule has 3 heteroatoms. The van der Waals surface area contributed by atoms with Crippen molar-refractivity contribution < 1.29 is 9.84 Å². The summed E-state index contributed by atoms with van der Waals surface area (Å²) in [5.41, 5.74) is 1.18. The zero-order chi connectivity index (χ0) is 14.4. The van der Waals surface area contributed by atoms with Crippen LogP contribution in [0.4, 0.5) is 0 Å². The second-order valence-electron chi connectivity index (χ2n) is 5.74. The Morgan fingerprint density at radius 2 is 2.25 bits per heavy atom. The van der Waals surface area contributed by atoms with Crippen LogP contribution < -0.4 is 4.74 Å². The molecule has 1 saturated heterocycles. The van der Waals surface area contributed by atoms with Gasteiger partial charge in [0, 0.05) is 17.6 Å². The molecule has 1 aliphatic rings. The van der Waals surface area contributed by atoms with Gasteiger partial charge in [0.15, 0.2) is 0 Å². The molecule has 1 heterocycles. The third kappa shape index (κ3) is 4.00. The van der Waals surface area contributed by atoms with Gasteiger partial charge in [-0.2, -0.15) is 0 Å². The first-order valence-corrected chi connectivity index (χ1v) is 7.19. The fraction of sp³-hybridized carbons (Fsp3) is 0.529. The highest BCUT2D eigenvalue weighted by atomic mass is 16.5. The van der Waals surface area contributed by atoms with Crippen LogP contribution in [0.25, 0.3) is 0 Å². The van der Waals surface area contributed by atoms with E-state index in [0.717, 1.165) is 17.9 Å². The fourth-order valence-corrected chi connectivity index (χ4v) is 2.66. The molecule has 20 heavy (non-hydrogen) atoms. The molecular weight excluding hydrogens is 250 g/mol. The van der Waals surface area contributed by atoms with E-state index in [9.17, 15) is 0 Å². The summed E-state index contributed by atoms with van der Waals surface area (Å²) in [5, 5.41) is 8.70. The summed E-state index contributed by atoms with van der Waals surface area (Å²) in [6.07, 6.45) is 2.54. The summed E-state index contributed by atoms with van der Waals surface area (Å²) in [5.74, 6) is 6.37. The van der Waals surface area contributed by atoms with E-state index in [2.05, 4.69) is 30.6 Å². The Bertz CT molecular complexity index is 499. The minimum Gasteiger partial charge on any atom is -0.492 e. The Kier molecular flexibility index (Phi) is 5.05. The number of aliphatic hydroxyl groups is 1. The van der Waals surface area contributed by atoms with Crippen molar-refractivity contribution in [1.29, 1.82) is 0 Å². The van der Waals surface area contributed by atoms with Gasteiger partial charge in [-0.05, 0) is 51.4 Å². The SMILES string of the molecule is CC1(C)CCCN1CCOc1cccc(C#CCO)c1. The van der Waals surface area contributed by atoms with Gasteiger partial charge in [0.1, 0.15) is 19.0 Å². The first kappa shape index (κ1) is 14.9. The van der Waals surface area contributed by atoms with E-state index in [1.54, 1.807) is 0 Å². The molecule has 0 unspecified atom stereocenters. The fourth-order valence-electron chi connectivity index (χ4n) is 2.66. The van der Waals surface area contributed by atoms with Gasteiger partial charge in [0.05, 0.1) is 0 Å². The standard InChI is InChI=1S/C17H23NO2/c1-17(2)9-5-10-18(17)11-13-20-16-8-3-6-15(14-16)7-4-12-19/h3,6,8,14,19H,5,9-13H2,1-2H3. The molecule has 0 amide bonds. The summed E-state index contributed by atoms with van der Waals surface area (Å²) >= 11 is 0. The Morgan fingerprint density at radius 1 is 1.40 bits per heavy atom. The zero-order valence-electron chi connectivity index (χ0n) is 12.4. The number of rotatable bonds is 4. The van der Waals surface area contributed by atoms with Crippen molar-refractivity contribution in [3.63, 3.8) is 0 Å². The molecule has 1 fully saturated rings. The van der Waals surface area contributed by atoms with Crippen molar-refractivity contribution in [2.45, 2.75) is 32.2 Å². The third-order valence-corrected chi connectivity index (χ3v) is 3.85. The van der Waals surface area contributed by atoms with Crippen LogP contribution in [0.2, 0.25) is 0 Å². The van der Waals surface area contributed by atoms with Crippen molar-refractivity contribution >= 4 is 0 Å². The van der Waals surface area contributed by atoms with Crippen molar-refractivity contribution in [3.8, 4) is 17.6 Å². The maximum atomic E-state index is 8.70. The van der Waals surface area contributed by atoms with Crippen molar-refractivity contribution in [2.24, 2.45) is 0 Å². The number of likely N-dealkylation sites (tertiary alicyclic amines) is 1. The molecule has 1 aromatic carbocycles. The highest BCUT2D eigenvalue weighted by Gasteiger charge is 2.31. The molecule has 1 N–H and O–H groups in total. The predicted octanol–water partition coefficient (Wildman–Crippen LogP) is 2.28. The number of ether oxygens (including phenoxy) is 1. The van der Waals surface area contributed by atoms with E-state index >= 15 is 0 Å². The Labute approximate surface area is 121 Å². The molecule has 1 aromatic rings. The highest BCUT2D eigenvalue weighted by molar-refractivity contribution is 5.39. The molecule has 0 bridgehead atoms. The normalized spacial score (nSPS) is 17.6. The predicted molar refractivity (Wildman–Crippen MR) is 80.8 cm³/mol. The van der Waals surface area contributed by atoms with E-state index in [1.807, 2.05) is 24.3 Å². The summed E-state index contributed by atoms with van der Waals surface area (Å²) in [4.78, 5) is 2.49. The van der Waals surface area contributed by atoms with Gasteiger partial charge in [-0.15, -0.1) is 0 Å². The van der Waals surface area contributed by atoms with E-state index in [1.165, 1.54) is 19.4 Å². The van der Waals surface area contributed by atoms with Gasteiger partial charge in [0.2, 0.25) is 0 Å². The number of aliphatic hydroxyl groups excluding tert-OH is 1. The molecule has 108 valence electrons. The lowest BCUT2D eigenvalue weighted by Gasteiger charge is -2.31. The summed E-state index contributed by atoms with van der Waals surface area (Å²) in [7, 11) is 0. The summed E-state index contributed by atoms with van der Waals surface area (Å²) < 4.78 is 5.81. The molecular formula is C17H23NO2. The lowest BCUT2D eigenvalue weighted by atomic mass is 10.0. The first-order valence-electron chi connectivity index (χ1n) is 7.19. The molecule has 0 spiro atoms. The maximum absolute atomic E-state index is 8.70. The number of benzene rings is 1. The first-order chi connectivity index (χ1) is 9.62. The van der Waals surface area contributed by atoms with Crippen molar-refractivity contribution in [3.05, 3.63) is 29.8 Å². The minimum absolute atomic E-state index is 0.116. The second kappa shape index (κ2) is 6.78. The molecule has 3 nitrogen and oxygen atoms in total. The van der Waals surface area contributed by atoms with Gasteiger partial charge in [-0.3, -0.25) is 4.90 Å². The largest absolute Gasteiger partial charge is 0.492 e. The van der Waals surface area contributed by atoms with Crippen LogP contribution in [0.1, 0.15) is 32.3 Å². The molecule has 0 radical (unpaired) electrons. The Balaban J connectivity index is 1.85. The molecule has 0 atom stereocenters. The lowest BCUT2D eigenvalue weighted by molar-refractivity contribution is 0.143. The van der Waals surface area contributed by atoms with E-state index in [-0.39, 0.29) is 6.61 Å². The van der Waals surface area contributed by atoms with Gasteiger partial charge in [-0.1, -0.05) is 17.9 Å². The quantitative estimate of drug-likeness (QED) is 0.854. The van der Waals surface area contributed by atoms with Gasteiger partial charge >= 0.3 is 0 Å². The molecule has 0 aliphatic carbocycles. The lowest BCUT2D eigenvalue weighted by Crippen LogP contribution is -2.40. The number of nitrogens with zero attached hydrogens (tertiary/aromatic N) is 1. The molecule has 0 aromatic heterocycles. The van der Waals surface area contributed by atoms with Crippen LogP contribution in [-0.2, 0) is 0 Å². The Hall–Kier alpha value is -1.50. The minimum atomic E-state index is -0.116. The summed E-state index contributed by atoms with van der Waals surface area (Å²) in [6.45, 7) is 7.30. The smallest absolute Gasteiger partial charge is 0.120 e. The average Bonchev–Trinajstić information content (AvgIpc) is 2.76. The molecule has 0 saturated carbocycles. The molecule has 2 rings (SSSR count). The van der Waals surface area contributed by atoms with Gasteiger partial charge in [-0.25, -0.2) is 0 Å². The zero-order valence-corrected chi connectivity index (χ0v) is 12.4. The topological polar surface area (TPSA) is 32.7 Å². The summed E-state index contributed by atoms with van der Waals surface area (Å²) in [6, 6.07) is 7.70. The second-order valence-corrected chi connectivity index (χ2v) is 5.74. The van der Waals surface area contributed by atoms with Crippen LogP contribution in [0.15, 0.2) is 24.3 Å². The van der Waals surface area contributed by atoms with Crippen LogP contribution in [0.3, 0.4) is 0 Å². The number of hydrogen-bond acceptors (Lipinski definition) is 3. The van der Waals surface area contributed by atoms with E-state index in [4.69, 9.17) is 9.84 Å². The maximum Gasteiger partial charge on any atom is 0.120 e. The monoisotopic (exact) mass is 273 g/mol. The van der Waals surface area contributed by atoms with E-state index in [0.29, 0.717) is 12.1 Å². The van der Waals surface area contributed by atoms with Gasteiger partial charge in [0.25, 0.3) is 0 Å². The van der Waals surface area contributed by atoms with Crippen molar-refractivity contribution in [2.75, 3.05) is 26.3 Å². The Morgan fingerprint density at radius 3 is 2.95 bits per heavy atom. The van der Waals surface area contributed by atoms with Crippen LogP contribution in [0, 0.1) is 11.8 Å². The van der Waals surface area contributed by atoms with E-state index < -0.39 is 0 Å². The molecule has 1 aliphatic heterocycles. The van der Waals surface area contributed by atoms with Crippen LogP contribution in [0.5, 0.6) is 5.75 Å².